The Hall–Kier alpha value is -0.460. The maximum Gasteiger partial charge on any atom is 0.466 e. The molecule has 0 radical (unpaired) electrons. The Morgan fingerprint density at radius 2 is 1.69 bits per heavy atom. The van der Waals surface area contributed by atoms with E-state index in [9.17, 15) is 4.79 Å². The molecule has 0 amide bonds. The summed E-state index contributed by atoms with van der Waals surface area (Å²) in [5, 5.41) is 8.47. The lowest BCUT2D eigenvalue weighted by Crippen LogP contribution is -2.19. The second kappa shape index (κ2) is 8.66. The van der Waals surface area contributed by atoms with Gasteiger partial charge in [-0.15, -0.1) is 0 Å². The average molecular weight is 257 g/mol. The summed E-state index contributed by atoms with van der Waals surface area (Å²) in [5.41, 5.74) is 5.41. The van der Waals surface area contributed by atoms with Crippen molar-refractivity contribution in [2.75, 3.05) is 6.54 Å². The smallest absolute Gasteiger partial charge is 0.466 e. The van der Waals surface area contributed by atoms with Gasteiger partial charge in [0.2, 0.25) is 0 Å². The van der Waals surface area contributed by atoms with Gasteiger partial charge >= 0.3 is 13.8 Å². The quantitative estimate of drug-likeness (QED) is 0.441. The number of aliphatic carboxylic acids is 1. The van der Waals surface area contributed by atoms with Crippen molar-refractivity contribution in [3.63, 3.8) is 0 Å². The first-order chi connectivity index (χ1) is 7.06. The normalized spacial score (nSPS) is 12.9. The molecule has 0 fully saturated rings. The third kappa shape index (κ3) is 23.4. The van der Waals surface area contributed by atoms with Gasteiger partial charge in [-0.05, 0) is 24.8 Å². The minimum atomic E-state index is -4.64. The molecule has 0 aromatic heterocycles. The van der Waals surface area contributed by atoms with Gasteiger partial charge in [0.25, 0.3) is 0 Å². The molecule has 0 aromatic rings. The lowest BCUT2D eigenvalue weighted by molar-refractivity contribution is -0.138. The van der Waals surface area contributed by atoms with Crippen LogP contribution in [0, 0.1) is 11.8 Å². The summed E-state index contributed by atoms with van der Waals surface area (Å²) in [6, 6.07) is 0. The Balaban J connectivity index is 0. The summed E-state index contributed by atoms with van der Waals surface area (Å²) in [7, 11) is -4.64. The average Bonchev–Trinajstić information content (AvgIpc) is 1.97. The highest BCUT2D eigenvalue weighted by molar-refractivity contribution is 7.45. The van der Waals surface area contributed by atoms with Crippen molar-refractivity contribution in [3.8, 4) is 0 Å². The van der Waals surface area contributed by atoms with Crippen molar-refractivity contribution >= 4 is 13.8 Å². The van der Waals surface area contributed by atoms with Crippen LogP contribution in [0.5, 0.6) is 0 Å². The molecule has 16 heavy (non-hydrogen) atoms. The molecule has 0 saturated carbocycles. The highest BCUT2D eigenvalue weighted by Crippen LogP contribution is 2.25. The third-order valence-corrected chi connectivity index (χ3v) is 1.60. The maximum atomic E-state index is 10.3. The molecule has 0 aromatic carbocycles. The molecule has 0 rings (SSSR count). The summed E-state index contributed by atoms with van der Waals surface area (Å²) in [6.45, 7) is 4.62. The largest absolute Gasteiger partial charge is 0.481 e. The lowest BCUT2D eigenvalue weighted by atomic mass is 9.94. The van der Waals surface area contributed by atoms with Crippen molar-refractivity contribution in [3.05, 3.63) is 0 Å². The van der Waals surface area contributed by atoms with Gasteiger partial charge in [0.1, 0.15) is 0 Å². The Kier molecular flexibility index (Phi) is 9.70. The molecule has 8 heteroatoms. The molecule has 0 aliphatic rings. The van der Waals surface area contributed by atoms with Gasteiger partial charge < -0.3 is 25.5 Å². The van der Waals surface area contributed by atoms with E-state index in [1.807, 2.05) is 0 Å². The minimum Gasteiger partial charge on any atom is -0.481 e. The first-order valence-corrected chi connectivity index (χ1v) is 6.32. The number of carboxylic acid groups (broad SMARTS) is 1. The molecular weight excluding hydrogens is 237 g/mol. The highest BCUT2D eigenvalue weighted by Gasteiger charge is 2.12. The summed E-state index contributed by atoms with van der Waals surface area (Å²) >= 11 is 0. The van der Waals surface area contributed by atoms with Gasteiger partial charge in [0, 0.05) is 6.42 Å². The van der Waals surface area contributed by atoms with Crippen LogP contribution in [-0.4, -0.2) is 32.3 Å². The van der Waals surface area contributed by atoms with Gasteiger partial charge in [-0.2, -0.15) is 0 Å². The number of carboxylic acids is 1. The van der Waals surface area contributed by atoms with Gasteiger partial charge in [0.05, 0.1) is 0 Å². The number of hydrogen-bond donors (Lipinski definition) is 5. The summed E-state index contributed by atoms with van der Waals surface area (Å²) in [6.07, 6.45) is 1.11. The van der Waals surface area contributed by atoms with Gasteiger partial charge in [0.15, 0.2) is 0 Å². The Morgan fingerprint density at radius 1 is 1.31 bits per heavy atom. The molecule has 7 nitrogen and oxygen atoms in total. The zero-order valence-corrected chi connectivity index (χ0v) is 10.3. The SMILES string of the molecule is CC(C)C[C@H](CN)CC(=O)O.O=P(O)(O)O. The fourth-order valence-corrected chi connectivity index (χ4v) is 1.18. The van der Waals surface area contributed by atoms with E-state index in [2.05, 4.69) is 13.8 Å². The zero-order chi connectivity index (χ0) is 13.4. The van der Waals surface area contributed by atoms with E-state index >= 15 is 0 Å². The second-order valence-corrected chi connectivity index (χ2v) is 4.87. The van der Waals surface area contributed by atoms with Crippen LogP contribution in [-0.2, 0) is 9.36 Å². The summed E-state index contributed by atoms with van der Waals surface area (Å²) in [5.74, 6) is -0.0727. The van der Waals surface area contributed by atoms with Gasteiger partial charge in [-0.25, -0.2) is 4.57 Å². The standard InChI is InChI=1S/C8H17NO2.H3O4P/c1-6(2)3-7(5-9)4-8(10)11;1-5(2,3)4/h6-7H,3-5,9H2,1-2H3,(H,10,11);(H3,1,2,3,4)/t7-;/m0./s1. The molecule has 0 bridgehead atoms. The van der Waals surface area contributed by atoms with Crippen molar-refractivity contribution in [1.82, 2.24) is 0 Å². The van der Waals surface area contributed by atoms with Crippen LogP contribution in [0.15, 0.2) is 0 Å². The van der Waals surface area contributed by atoms with Crippen LogP contribution in [0.2, 0.25) is 0 Å². The van der Waals surface area contributed by atoms with Crippen LogP contribution in [0.25, 0.3) is 0 Å². The first-order valence-electron chi connectivity index (χ1n) is 4.76. The molecular formula is C8H20NO6P. The molecule has 0 aliphatic heterocycles. The molecule has 0 aliphatic carbocycles. The Labute approximate surface area is 94.5 Å². The van der Waals surface area contributed by atoms with E-state index in [0.29, 0.717) is 12.5 Å². The van der Waals surface area contributed by atoms with E-state index in [0.717, 1.165) is 6.42 Å². The monoisotopic (exact) mass is 257 g/mol. The first kappa shape index (κ1) is 17.9. The van der Waals surface area contributed by atoms with Crippen LogP contribution in [0.4, 0.5) is 0 Å². The lowest BCUT2D eigenvalue weighted by Gasteiger charge is -2.13. The summed E-state index contributed by atoms with van der Waals surface area (Å²) in [4.78, 5) is 31.9. The Bertz CT molecular complexity index is 230. The number of phosphoric acid groups is 1. The molecule has 6 N–H and O–H groups in total. The topological polar surface area (TPSA) is 141 Å². The number of carbonyl (C=O) groups is 1. The van der Waals surface area contributed by atoms with E-state index in [4.69, 9.17) is 30.1 Å². The molecule has 0 unspecified atom stereocenters. The molecule has 98 valence electrons. The maximum absolute atomic E-state index is 10.3. The van der Waals surface area contributed by atoms with Crippen LogP contribution < -0.4 is 5.73 Å². The molecule has 1 atom stereocenters. The molecule has 0 heterocycles. The van der Waals surface area contributed by atoms with Gasteiger partial charge in [-0.3, -0.25) is 4.79 Å². The van der Waals surface area contributed by atoms with Crippen LogP contribution in [0.3, 0.4) is 0 Å². The van der Waals surface area contributed by atoms with E-state index in [1.165, 1.54) is 0 Å². The number of rotatable bonds is 5. The van der Waals surface area contributed by atoms with Crippen molar-refractivity contribution in [2.24, 2.45) is 17.6 Å². The minimum absolute atomic E-state index is 0.146. The number of nitrogens with two attached hydrogens (primary N) is 1. The summed E-state index contributed by atoms with van der Waals surface area (Å²) < 4.78 is 8.88. The molecule has 0 saturated heterocycles. The van der Waals surface area contributed by atoms with E-state index < -0.39 is 13.8 Å². The third-order valence-electron chi connectivity index (χ3n) is 1.60. The molecule has 0 spiro atoms. The van der Waals surface area contributed by atoms with Crippen molar-refractivity contribution in [1.29, 1.82) is 0 Å². The zero-order valence-electron chi connectivity index (χ0n) is 9.41. The van der Waals surface area contributed by atoms with Crippen LogP contribution >= 0.6 is 7.82 Å². The second-order valence-electron chi connectivity index (χ2n) is 3.84. The predicted octanol–water partition coefficient (Wildman–Crippen LogP) is 0.153. The van der Waals surface area contributed by atoms with E-state index in [1.54, 1.807) is 0 Å². The van der Waals surface area contributed by atoms with Crippen molar-refractivity contribution < 1.29 is 29.1 Å². The predicted molar refractivity (Wildman–Crippen MR) is 58.5 cm³/mol. The van der Waals surface area contributed by atoms with Crippen molar-refractivity contribution in [2.45, 2.75) is 26.7 Å². The fourth-order valence-electron chi connectivity index (χ4n) is 1.18. The Morgan fingerprint density at radius 3 is 1.88 bits per heavy atom. The van der Waals surface area contributed by atoms with Gasteiger partial charge in [-0.1, -0.05) is 13.8 Å². The number of hydrogen-bond acceptors (Lipinski definition) is 3. The van der Waals surface area contributed by atoms with Crippen LogP contribution in [0.1, 0.15) is 26.7 Å². The highest BCUT2D eigenvalue weighted by atomic mass is 31.2. The van der Waals surface area contributed by atoms with E-state index in [-0.39, 0.29) is 12.3 Å². The fraction of sp³-hybridized carbons (Fsp3) is 0.875.